The summed E-state index contributed by atoms with van der Waals surface area (Å²) in [4.78, 5) is 2.42. The zero-order valence-electron chi connectivity index (χ0n) is 10.4. The van der Waals surface area contributed by atoms with Crippen LogP contribution in [-0.2, 0) is 0 Å². The Balaban J connectivity index is 2.41. The molecule has 4 heteroatoms. The summed E-state index contributed by atoms with van der Waals surface area (Å²) >= 11 is 0. The molecule has 92 valence electrons. The molecule has 1 heterocycles. The summed E-state index contributed by atoms with van der Waals surface area (Å²) in [5.41, 5.74) is -0.407. The molecule has 1 fully saturated rings. The van der Waals surface area contributed by atoms with E-state index < -0.39 is 5.54 Å². The van der Waals surface area contributed by atoms with Crippen molar-refractivity contribution < 1.29 is 5.11 Å². The van der Waals surface area contributed by atoms with Crippen molar-refractivity contribution in [1.29, 1.82) is 5.26 Å². The Morgan fingerprint density at radius 1 is 1.44 bits per heavy atom. The number of rotatable bonds is 5. The first-order valence-corrected chi connectivity index (χ1v) is 6.11. The van der Waals surface area contributed by atoms with Gasteiger partial charge in [0.2, 0.25) is 0 Å². The molecule has 0 bridgehead atoms. The van der Waals surface area contributed by atoms with Gasteiger partial charge >= 0.3 is 0 Å². The molecule has 0 aromatic rings. The maximum atomic E-state index is 9.22. The van der Waals surface area contributed by atoms with Gasteiger partial charge in [0.25, 0.3) is 0 Å². The number of nitrogens with one attached hydrogen (secondary N) is 1. The lowest BCUT2D eigenvalue weighted by Crippen LogP contribution is -2.53. The number of likely N-dealkylation sites (tertiary alicyclic amines) is 1. The smallest absolute Gasteiger partial charge is 0.109 e. The predicted octanol–water partition coefficient (Wildman–Crippen LogP) is 0.582. The molecule has 0 aromatic heterocycles. The van der Waals surface area contributed by atoms with Crippen LogP contribution in [0.15, 0.2) is 0 Å². The fourth-order valence-electron chi connectivity index (χ4n) is 2.26. The Hall–Kier alpha value is -0.630. The highest BCUT2D eigenvalue weighted by Gasteiger charge is 2.33. The predicted molar refractivity (Wildman–Crippen MR) is 63.9 cm³/mol. The maximum Gasteiger partial charge on any atom is 0.109 e. The Labute approximate surface area is 98.2 Å². The maximum absolute atomic E-state index is 9.22. The van der Waals surface area contributed by atoms with Gasteiger partial charge in [0.1, 0.15) is 5.54 Å². The molecule has 0 unspecified atom stereocenters. The van der Waals surface area contributed by atoms with Crippen LogP contribution in [0, 0.1) is 17.2 Å². The third-order valence-electron chi connectivity index (χ3n) is 3.12. The second-order valence-corrected chi connectivity index (χ2v) is 5.04. The molecule has 2 N–H and O–H groups in total. The first-order valence-electron chi connectivity index (χ1n) is 6.11. The number of aliphatic hydroxyl groups is 1. The largest absolute Gasteiger partial charge is 0.395 e. The van der Waals surface area contributed by atoms with Crippen LogP contribution >= 0.6 is 0 Å². The highest BCUT2D eigenvalue weighted by molar-refractivity contribution is 5.09. The van der Waals surface area contributed by atoms with Gasteiger partial charge in [-0.25, -0.2) is 0 Å². The van der Waals surface area contributed by atoms with E-state index >= 15 is 0 Å². The second-order valence-electron chi connectivity index (χ2n) is 5.04. The Morgan fingerprint density at radius 3 is 2.50 bits per heavy atom. The standard InChI is InChI=1S/C12H23N3O/c1-11(2)9-15-6-3-12(10-13,4-7-15)14-5-8-16/h11,14,16H,3-9H2,1-2H3. The zero-order chi connectivity index (χ0) is 12.0. The fraction of sp³-hybridized carbons (Fsp3) is 0.917. The van der Waals surface area contributed by atoms with Gasteiger partial charge < -0.3 is 10.0 Å². The van der Waals surface area contributed by atoms with Crippen molar-refractivity contribution >= 4 is 0 Å². The number of β-amino-alcohol motifs (C(OH)–C–C–N with tert-alkyl or cyclic N) is 1. The third kappa shape index (κ3) is 3.75. The van der Waals surface area contributed by atoms with Crippen molar-refractivity contribution in [3.63, 3.8) is 0 Å². The molecule has 0 spiro atoms. The minimum absolute atomic E-state index is 0.0964. The Morgan fingerprint density at radius 2 is 2.06 bits per heavy atom. The number of hydrogen-bond donors (Lipinski definition) is 2. The van der Waals surface area contributed by atoms with Gasteiger partial charge in [-0.05, 0) is 18.8 Å². The molecule has 0 atom stereocenters. The van der Waals surface area contributed by atoms with Gasteiger partial charge in [0.15, 0.2) is 0 Å². The Kier molecular flexibility index (Phi) is 5.20. The summed E-state index contributed by atoms with van der Waals surface area (Å²) in [7, 11) is 0. The number of nitriles is 1. The molecule has 0 aromatic carbocycles. The summed E-state index contributed by atoms with van der Waals surface area (Å²) in [5.74, 6) is 0.681. The van der Waals surface area contributed by atoms with Crippen molar-refractivity contribution in [3.8, 4) is 6.07 Å². The SMILES string of the molecule is CC(C)CN1CCC(C#N)(NCCO)CC1. The Bertz CT molecular complexity index is 239. The van der Waals surface area contributed by atoms with Crippen LogP contribution in [0.2, 0.25) is 0 Å². The van der Waals surface area contributed by atoms with Crippen molar-refractivity contribution in [2.75, 3.05) is 32.8 Å². The molecular weight excluding hydrogens is 202 g/mol. The average molecular weight is 225 g/mol. The number of aliphatic hydroxyl groups excluding tert-OH is 1. The molecule has 1 rings (SSSR count). The first kappa shape index (κ1) is 13.4. The van der Waals surface area contributed by atoms with E-state index in [1.807, 2.05) is 0 Å². The van der Waals surface area contributed by atoms with E-state index in [2.05, 4.69) is 30.1 Å². The number of piperidine rings is 1. The average Bonchev–Trinajstić information content (AvgIpc) is 2.28. The van der Waals surface area contributed by atoms with E-state index in [0.717, 1.165) is 32.5 Å². The van der Waals surface area contributed by atoms with Crippen molar-refractivity contribution in [2.45, 2.75) is 32.2 Å². The minimum Gasteiger partial charge on any atom is -0.395 e. The lowest BCUT2D eigenvalue weighted by Gasteiger charge is -2.38. The van der Waals surface area contributed by atoms with Crippen molar-refractivity contribution in [1.82, 2.24) is 10.2 Å². The first-order chi connectivity index (χ1) is 7.62. The van der Waals surface area contributed by atoms with Gasteiger partial charge in [0, 0.05) is 26.2 Å². The highest BCUT2D eigenvalue weighted by atomic mass is 16.3. The molecule has 1 aliphatic rings. The molecule has 1 saturated heterocycles. The lowest BCUT2D eigenvalue weighted by atomic mass is 9.88. The summed E-state index contributed by atoms with van der Waals surface area (Å²) in [5, 5.41) is 21.2. The summed E-state index contributed by atoms with van der Waals surface area (Å²) in [6, 6.07) is 2.38. The zero-order valence-corrected chi connectivity index (χ0v) is 10.4. The molecule has 0 amide bonds. The lowest BCUT2D eigenvalue weighted by molar-refractivity contribution is 0.147. The number of nitrogens with zero attached hydrogens (tertiary/aromatic N) is 2. The van der Waals surface area contributed by atoms with E-state index in [1.54, 1.807) is 0 Å². The van der Waals surface area contributed by atoms with E-state index in [9.17, 15) is 5.26 Å². The third-order valence-corrected chi connectivity index (χ3v) is 3.12. The van der Waals surface area contributed by atoms with E-state index in [0.29, 0.717) is 12.5 Å². The van der Waals surface area contributed by atoms with Gasteiger partial charge in [-0.15, -0.1) is 0 Å². The molecular formula is C12H23N3O. The van der Waals surface area contributed by atoms with Crippen LogP contribution in [0.4, 0.5) is 0 Å². The van der Waals surface area contributed by atoms with Gasteiger partial charge in [-0.2, -0.15) is 5.26 Å². The molecule has 4 nitrogen and oxygen atoms in total. The second kappa shape index (κ2) is 6.19. The monoisotopic (exact) mass is 225 g/mol. The van der Waals surface area contributed by atoms with E-state index in [-0.39, 0.29) is 6.61 Å². The van der Waals surface area contributed by atoms with Crippen LogP contribution in [0.25, 0.3) is 0 Å². The molecule has 0 aliphatic carbocycles. The molecule has 0 saturated carbocycles. The van der Waals surface area contributed by atoms with E-state index in [4.69, 9.17) is 5.11 Å². The minimum atomic E-state index is -0.407. The summed E-state index contributed by atoms with van der Waals surface area (Å²) in [6.45, 7) is 8.11. The van der Waals surface area contributed by atoms with Crippen LogP contribution < -0.4 is 5.32 Å². The van der Waals surface area contributed by atoms with Gasteiger partial charge in [0.05, 0.1) is 12.7 Å². The summed E-state index contributed by atoms with van der Waals surface area (Å²) < 4.78 is 0. The number of hydrogen-bond acceptors (Lipinski definition) is 4. The normalized spacial score (nSPS) is 20.9. The van der Waals surface area contributed by atoms with Crippen LogP contribution in [0.3, 0.4) is 0 Å². The van der Waals surface area contributed by atoms with Gasteiger partial charge in [-0.3, -0.25) is 5.32 Å². The molecule has 16 heavy (non-hydrogen) atoms. The van der Waals surface area contributed by atoms with Crippen LogP contribution in [-0.4, -0.2) is 48.3 Å². The molecule has 0 radical (unpaired) electrons. The highest BCUT2D eigenvalue weighted by Crippen LogP contribution is 2.21. The van der Waals surface area contributed by atoms with Crippen LogP contribution in [0.5, 0.6) is 0 Å². The summed E-state index contributed by atoms with van der Waals surface area (Å²) in [6.07, 6.45) is 1.71. The van der Waals surface area contributed by atoms with Crippen molar-refractivity contribution in [3.05, 3.63) is 0 Å². The van der Waals surface area contributed by atoms with Gasteiger partial charge in [-0.1, -0.05) is 13.8 Å². The van der Waals surface area contributed by atoms with E-state index in [1.165, 1.54) is 0 Å². The topological polar surface area (TPSA) is 59.3 Å². The molecule has 1 aliphatic heterocycles. The fourth-order valence-corrected chi connectivity index (χ4v) is 2.26. The van der Waals surface area contributed by atoms with Crippen LogP contribution in [0.1, 0.15) is 26.7 Å². The quantitative estimate of drug-likeness (QED) is 0.718. The van der Waals surface area contributed by atoms with Crippen molar-refractivity contribution in [2.24, 2.45) is 5.92 Å².